The maximum absolute atomic E-state index is 13.1. The van der Waals surface area contributed by atoms with E-state index in [4.69, 9.17) is 5.73 Å². The lowest BCUT2D eigenvalue weighted by atomic mass is 9.76. The first-order valence-electron chi connectivity index (χ1n) is 6.95. The van der Waals surface area contributed by atoms with Crippen molar-refractivity contribution in [2.45, 2.75) is 43.7 Å². The predicted octanol–water partition coefficient (Wildman–Crippen LogP) is 2.48. The molecule has 0 bridgehead atoms. The molecule has 3 nitrogen and oxygen atoms in total. The van der Waals surface area contributed by atoms with Gasteiger partial charge in [0.25, 0.3) is 0 Å². The number of rotatable bonds is 3. The van der Waals surface area contributed by atoms with Crippen LogP contribution in [0.15, 0.2) is 29.3 Å². The highest BCUT2D eigenvalue weighted by atomic mass is 19.1. The highest BCUT2D eigenvalue weighted by Gasteiger charge is 2.32. The molecule has 2 aliphatic carbocycles. The van der Waals surface area contributed by atoms with Crippen LogP contribution >= 0.6 is 0 Å². The summed E-state index contributed by atoms with van der Waals surface area (Å²) in [6.45, 7) is 0. The van der Waals surface area contributed by atoms with Gasteiger partial charge in [0, 0.05) is 13.1 Å². The van der Waals surface area contributed by atoms with Crippen molar-refractivity contribution in [1.29, 1.82) is 0 Å². The third kappa shape index (κ3) is 2.72. The number of halogens is 1. The van der Waals surface area contributed by atoms with E-state index >= 15 is 0 Å². The van der Waals surface area contributed by atoms with Crippen LogP contribution < -0.4 is 5.73 Å². The molecule has 3 rings (SSSR count). The van der Waals surface area contributed by atoms with Crippen LogP contribution in [0.2, 0.25) is 0 Å². The molecule has 1 aromatic rings. The number of hydrogen-bond donors (Lipinski definition) is 1. The van der Waals surface area contributed by atoms with Crippen LogP contribution in [0.3, 0.4) is 0 Å². The lowest BCUT2D eigenvalue weighted by Gasteiger charge is -2.34. The maximum Gasteiger partial charge on any atom is 0.191 e. The number of hydrogen-bond acceptors (Lipinski definition) is 1. The molecule has 0 spiro atoms. The molecule has 0 amide bonds. The third-order valence-electron chi connectivity index (χ3n) is 4.20. The fraction of sp³-hybridized carbons (Fsp3) is 0.533. The van der Waals surface area contributed by atoms with Gasteiger partial charge < -0.3 is 10.6 Å². The van der Waals surface area contributed by atoms with E-state index in [1.807, 2.05) is 13.1 Å². The lowest BCUT2D eigenvalue weighted by Crippen LogP contribution is -2.38. The van der Waals surface area contributed by atoms with Crippen molar-refractivity contribution in [3.05, 3.63) is 35.6 Å². The minimum Gasteiger partial charge on any atom is -0.370 e. The number of nitrogens with two attached hydrogens (primary N) is 1. The van der Waals surface area contributed by atoms with Crippen molar-refractivity contribution < 1.29 is 4.39 Å². The van der Waals surface area contributed by atoms with E-state index in [1.165, 1.54) is 18.9 Å². The third-order valence-corrected chi connectivity index (χ3v) is 4.20. The predicted molar refractivity (Wildman–Crippen MR) is 74.6 cm³/mol. The molecule has 102 valence electrons. The molecule has 1 aromatic carbocycles. The molecule has 0 radical (unpaired) electrons. The van der Waals surface area contributed by atoms with E-state index in [2.05, 4.69) is 9.89 Å². The van der Waals surface area contributed by atoms with Crippen LogP contribution in [0.4, 0.5) is 4.39 Å². The minimum absolute atomic E-state index is 0.155. The summed E-state index contributed by atoms with van der Waals surface area (Å²) in [5.41, 5.74) is 7.08. The molecule has 0 aromatic heterocycles. The Kier molecular flexibility index (Phi) is 3.17. The molecule has 0 aliphatic heterocycles. The fourth-order valence-electron chi connectivity index (χ4n) is 2.65. The molecule has 19 heavy (non-hydrogen) atoms. The van der Waals surface area contributed by atoms with E-state index in [0.717, 1.165) is 18.4 Å². The van der Waals surface area contributed by atoms with E-state index < -0.39 is 0 Å². The second-order valence-corrected chi connectivity index (χ2v) is 5.71. The van der Waals surface area contributed by atoms with Gasteiger partial charge >= 0.3 is 0 Å². The van der Waals surface area contributed by atoms with E-state index in [9.17, 15) is 4.39 Å². The van der Waals surface area contributed by atoms with Crippen molar-refractivity contribution in [3.8, 4) is 0 Å². The van der Waals surface area contributed by atoms with Crippen molar-refractivity contribution in [2.75, 3.05) is 7.05 Å². The maximum atomic E-state index is 13.1. The Balaban J connectivity index is 1.56. The van der Waals surface area contributed by atoms with Gasteiger partial charge in [-0.2, -0.15) is 0 Å². The first-order chi connectivity index (χ1) is 9.13. The molecule has 0 saturated heterocycles. The lowest BCUT2D eigenvalue weighted by molar-refractivity contribution is 0.346. The largest absolute Gasteiger partial charge is 0.370 e. The second-order valence-electron chi connectivity index (χ2n) is 5.71. The van der Waals surface area contributed by atoms with Crippen molar-refractivity contribution in [1.82, 2.24) is 4.90 Å². The Morgan fingerprint density at radius 2 is 2.11 bits per heavy atom. The first kappa shape index (κ1) is 12.5. The van der Waals surface area contributed by atoms with Gasteiger partial charge in [0.2, 0.25) is 0 Å². The van der Waals surface area contributed by atoms with E-state index in [0.29, 0.717) is 24.0 Å². The summed E-state index contributed by atoms with van der Waals surface area (Å²) in [4.78, 5) is 6.65. The molecule has 0 heterocycles. The summed E-state index contributed by atoms with van der Waals surface area (Å²) in [5.74, 6) is 0.936. The van der Waals surface area contributed by atoms with Gasteiger partial charge in [-0.15, -0.1) is 0 Å². The van der Waals surface area contributed by atoms with Crippen LogP contribution in [0.1, 0.15) is 37.2 Å². The highest BCUT2D eigenvalue weighted by molar-refractivity contribution is 5.78. The zero-order valence-electron chi connectivity index (χ0n) is 11.2. The van der Waals surface area contributed by atoms with Crippen LogP contribution in [0, 0.1) is 5.82 Å². The summed E-state index contributed by atoms with van der Waals surface area (Å²) in [5, 5.41) is 0. The SMILES string of the molecule is CN(C(N)=NC1CC(c2cccc(F)c2)C1)C1CC1. The van der Waals surface area contributed by atoms with Gasteiger partial charge in [0.1, 0.15) is 5.82 Å². The Morgan fingerprint density at radius 1 is 1.37 bits per heavy atom. The number of guanidine groups is 1. The van der Waals surface area contributed by atoms with Crippen molar-refractivity contribution >= 4 is 5.96 Å². The molecule has 0 unspecified atom stereocenters. The molecule has 2 saturated carbocycles. The first-order valence-corrected chi connectivity index (χ1v) is 6.95. The summed E-state index contributed by atoms with van der Waals surface area (Å²) >= 11 is 0. The Labute approximate surface area is 113 Å². The molecule has 2 N–H and O–H groups in total. The molecular formula is C15H20FN3. The molecule has 2 fully saturated rings. The molecule has 4 heteroatoms. The Hall–Kier alpha value is -1.58. The summed E-state index contributed by atoms with van der Waals surface area (Å²) < 4.78 is 13.1. The van der Waals surface area contributed by atoms with Crippen LogP contribution in [-0.2, 0) is 0 Å². The van der Waals surface area contributed by atoms with Gasteiger partial charge in [-0.3, -0.25) is 0 Å². The molecule has 2 aliphatic rings. The monoisotopic (exact) mass is 261 g/mol. The van der Waals surface area contributed by atoms with E-state index in [1.54, 1.807) is 12.1 Å². The van der Waals surface area contributed by atoms with Crippen molar-refractivity contribution in [3.63, 3.8) is 0 Å². The smallest absolute Gasteiger partial charge is 0.191 e. The standard InChI is InChI=1S/C15H20FN3/c1-19(14-5-6-14)15(17)18-13-8-11(9-13)10-3-2-4-12(16)7-10/h2-4,7,11,13-14H,5-6,8-9H2,1H3,(H2,17,18). The molecule has 0 atom stereocenters. The van der Waals surface area contributed by atoms with Gasteiger partial charge in [0.05, 0.1) is 6.04 Å². The summed E-state index contributed by atoms with van der Waals surface area (Å²) in [6.07, 6.45) is 4.40. The van der Waals surface area contributed by atoms with Gasteiger partial charge in [-0.25, -0.2) is 9.38 Å². The normalized spacial score (nSPS) is 26.9. The second kappa shape index (κ2) is 4.83. The average Bonchev–Trinajstić information content (AvgIpc) is 3.16. The van der Waals surface area contributed by atoms with Gasteiger partial charge in [0.15, 0.2) is 5.96 Å². The summed E-state index contributed by atoms with van der Waals surface area (Å²) in [7, 11) is 2.01. The molecular weight excluding hydrogens is 241 g/mol. The zero-order chi connectivity index (χ0) is 13.4. The Bertz CT molecular complexity index is 490. The van der Waals surface area contributed by atoms with Crippen molar-refractivity contribution in [2.24, 2.45) is 10.7 Å². The number of nitrogens with zero attached hydrogens (tertiary/aromatic N) is 2. The average molecular weight is 261 g/mol. The van der Waals surface area contributed by atoms with Gasteiger partial charge in [-0.05, 0) is 49.3 Å². The van der Waals surface area contributed by atoms with Crippen LogP contribution in [0.25, 0.3) is 0 Å². The minimum atomic E-state index is -0.155. The van der Waals surface area contributed by atoms with Crippen LogP contribution in [-0.4, -0.2) is 30.0 Å². The van der Waals surface area contributed by atoms with E-state index in [-0.39, 0.29) is 5.82 Å². The topological polar surface area (TPSA) is 41.6 Å². The number of benzene rings is 1. The summed E-state index contributed by atoms with van der Waals surface area (Å²) in [6, 6.07) is 7.78. The quantitative estimate of drug-likeness (QED) is 0.671. The highest BCUT2D eigenvalue weighted by Crippen LogP contribution is 2.39. The Morgan fingerprint density at radius 3 is 2.74 bits per heavy atom. The zero-order valence-corrected chi connectivity index (χ0v) is 11.2. The van der Waals surface area contributed by atoms with Gasteiger partial charge in [-0.1, -0.05) is 12.1 Å². The number of aliphatic imine (C=N–C) groups is 1. The van der Waals surface area contributed by atoms with Crippen LogP contribution in [0.5, 0.6) is 0 Å². The fourth-order valence-corrected chi connectivity index (χ4v) is 2.65.